The van der Waals surface area contributed by atoms with Crippen molar-refractivity contribution in [2.45, 2.75) is 45.5 Å². The predicted molar refractivity (Wildman–Crippen MR) is 61.3 cm³/mol. The van der Waals surface area contributed by atoms with Crippen LogP contribution in [0.25, 0.3) is 0 Å². The predicted octanol–water partition coefficient (Wildman–Crippen LogP) is 0.714. The second-order valence-corrected chi connectivity index (χ2v) is 5.06. The maximum atomic E-state index is 11.4. The van der Waals surface area contributed by atoms with Crippen molar-refractivity contribution in [2.75, 3.05) is 13.7 Å². The molecule has 0 aromatic carbocycles. The van der Waals surface area contributed by atoms with Gasteiger partial charge >= 0.3 is 12.1 Å². The van der Waals surface area contributed by atoms with E-state index in [9.17, 15) is 9.59 Å². The smallest absolute Gasteiger partial charge is 0.408 e. The van der Waals surface area contributed by atoms with Crippen molar-refractivity contribution in [3.05, 3.63) is 0 Å². The lowest BCUT2D eigenvalue weighted by atomic mass is 10.2. The van der Waals surface area contributed by atoms with Gasteiger partial charge in [-0.2, -0.15) is 0 Å². The molecule has 1 N–H and O–H groups in total. The van der Waals surface area contributed by atoms with Gasteiger partial charge in [0.2, 0.25) is 0 Å². The number of rotatable bonds is 3. The summed E-state index contributed by atoms with van der Waals surface area (Å²) in [5.41, 5.74) is -0.516. The van der Waals surface area contributed by atoms with Crippen molar-refractivity contribution in [3.8, 4) is 0 Å². The minimum Gasteiger partial charge on any atom is -0.468 e. The van der Waals surface area contributed by atoms with E-state index in [2.05, 4.69) is 10.1 Å². The molecule has 0 bridgehead atoms. The molecule has 1 heterocycles. The van der Waals surface area contributed by atoms with E-state index in [1.54, 1.807) is 27.7 Å². The Labute approximate surface area is 101 Å². The van der Waals surface area contributed by atoms with Gasteiger partial charge in [0.15, 0.2) is 0 Å². The zero-order chi connectivity index (χ0) is 13.2. The molecule has 1 rings (SSSR count). The first-order valence-electron chi connectivity index (χ1n) is 5.57. The minimum atomic E-state index is -0.516. The van der Waals surface area contributed by atoms with Crippen molar-refractivity contribution < 1.29 is 19.1 Å². The molecule has 0 aromatic heterocycles. The van der Waals surface area contributed by atoms with Crippen molar-refractivity contribution in [2.24, 2.45) is 0 Å². The monoisotopic (exact) mass is 244 g/mol. The molecular formula is C11H20N2O4. The van der Waals surface area contributed by atoms with Crippen LogP contribution in [0.5, 0.6) is 0 Å². The van der Waals surface area contributed by atoms with Gasteiger partial charge in [0.1, 0.15) is 11.6 Å². The highest BCUT2D eigenvalue weighted by Crippen LogP contribution is 2.20. The van der Waals surface area contributed by atoms with E-state index < -0.39 is 11.7 Å². The van der Waals surface area contributed by atoms with Crippen molar-refractivity contribution in [3.63, 3.8) is 0 Å². The number of esters is 1. The highest BCUT2D eigenvalue weighted by Gasteiger charge is 2.42. The Morgan fingerprint density at radius 2 is 2.00 bits per heavy atom. The first-order chi connectivity index (χ1) is 7.74. The summed E-state index contributed by atoms with van der Waals surface area (Å²) in [4.78, 5) is 24.5. The van der Waals surface area contributed by atoms with Crippen LogP contribution in [0.1, 0.15) is 27.7 Å². The van der Waals surface area contributed by atoms with Gasteiger partial charge in [0, 0.05) is 6.54 Å². The average Bonchev–Trinajstić information content (AvgIpc) is 2.91. The molecular weight excluding hydrogens is 224 g/mol. The molecule has 1 aliphatic rings. The number of hydrogen-bond acceptors (Lipinski definition) is 5. The number of alkyl carbamates (subject to hydrolysis) is 1. The molecule has 1 saturated heterocycles. The van der Waals surface area contributed by atoms with Gasteiger partial charge in [0.25, 0.3) is 0 Å². The summed E-state index contributed by atoms with van der Waals surface area (Å²) in [5.74, 6) is -0.307. The zero-order valence-electron chi connectivity index (χ0n) is 10.9. The average molecular weight is 244 g/mol. The maximum Gasteiger partial charge on any atom is 0.408 e. The van der Waals surface area contributed by atoms with Gasteiger partial charge in [-0.05, 0) is 27.7 Å². The lowest BCUT2D eigenvalue weighted by molar-refractivity contribution is -0.144. The highest BCUT2D eigenvalue weighted by atomic mass is 16.6. The number of carbonyl (C=O) groups is 2. The van der Waals surface area contributed by atoms with Crippen LogP contribution in [0.4, 0.5) is 4.79 Å². The highest BCUT2D eigenvalue weighted by molar-refractivity contribution is 5.76. The molecule has 0 saturated carbocycles. The molecule has 98 valence electrons. The lowest BCUT2D eigenvalue weighted by Gasteiger charge is -2.20. The van der Waals surface area contributed by atoms with E-state index in [4.69, 9.17) is 4.74 Å². The summed E-state index contributed by atoms with van der Waals surface area (Å²) in [5, 5.41) is 2.68. The quantitative estimate of drug-likeness (QED) is 0.585. The van der Waals surface area contributed by atoms with Gasteiger partial charge in [0.05, 0.1) is 13.3 Å². The Kier molecular flexibility index (Phi) is 3.98. The number of hydrogen-bond donors (Lipinski definition) is 1. The van der Waals surface area contributed by atoms with Gasteiger partial charge in [-0.1, -0.05) is 0 Å². The Balaban J connectivity index is 2.33. The number of nitrogens with one attached hydrogen (secondary N) is 1. The van der Waals surface area contributed by atoms with Gasteiger partial charge < -0.3 is 14.8 Å². The molecule has 6 heteroatoms. The Bertz CT molecular complexity index is 311. The summed E-state index contributed by atoms with van der Waals surface area (Å²) >= 11 is 0. The summed E-state index contributed by atoms with van der Waals surface area (Å²) in [6, 6.07) is -0.347. The molecule has 0 spiro atoms. The number of amides is 1. The third kappa shape index (κ3) is 4.22. The zero-order valence-corrected chi connectivity index (χ0v) is 10.9. The molecule has 2 unspecified atom stereocenters. The van der Waals surface area contributed by atoms with Crippen molar-refractivity contribution in [1.82, 2.24) is 10.2 Å². The SMILES string of the molecule is COC(=O)[C@@H](C)N1CC1NC(=O)OC(C)(C)C. The van der Waals surface area contributed by atoms with Crippen LogP contribution in [0.15, 0.2) is 0 Å². The van der Waals surface area contributed by atoms with Crippen LogP contribution in [-0.4, -0.2) is 48.4 Å². The minimum absolute atomic E-state index is 0.140. The standard InChI is InChI=1S/C11H20N2O4/c1-7(9(14)16-5)13-6-8(13)12-10(15)17-11(2,3)4/h7-8H,6H2,1-5H3,(H,12,15)/t7-,8?,13?/m1/s1. The first kappa shape index (κ1) is 13.8. The third-order valence-electron chi connectivity index (χ3n) is 2.37. The molecule has 0 aromatic rings. The fourth-order valence-electron chi connectivity index (χ4n) is 1.46. The fraction of sp³-hybridized carbons (Fsp3) is 0.818. The Morgan fingerprint density at radius 1 is 1.41 bits per heavy atom. The van der Waals surface area contributed by atoms with E-state index in [0.717, 1.165) is 0 Å². The second-order valence-electron chi connectivity index (χ2n) is 5.06. The normalized spacial score (nSPS) is 24.8. The summed E-state index contributed by atoms with van der Waals surface area (Å²) in [6.07, 6.45) is -0.610. The van der Waals surface area contributed by atoms with Crippen molar-refractivity contribution in [1.29, 1.82) is 0 Å². The van der Waals surface area contributed by atoms with Crippen LogP contribution in [0.2, 0.25) is 0 Å². The van der Waals surface area contributed by atoms with E-state index in [-0.39, 0.29) is 18.2 Å². The summed E-state index contributed by atoms with van der Waals surface area (Å²) < 4.78 is 9.73. The van der Waals surface area contributed by atoms with Crippen LogP contribution in [0, 0.1) is 0 Å². The molecule has 1 aliphatic heterocycles. The van der Waals surface area contributed by atoms with Crippen LogP contribution in [0.3, 0.4) is 0 Å². The van der Waals surface area contributed by atoms with E-state index in [0.29, 0.717) is 6.54 Å². The molecule has 6 nitrogen and oxygen atoms in total. The van der Waals surface area contributed by atoms with Crippen LogP contribution >= 0.6 is 0 Å². The third-order valence-corrected chi connectivity index (χ3v) is 2.37. The topological polar surface area (TPSA) is 67.6 Å². The molecule has 1 amide bonds. The number of carbonyl (C=O) groups excluding carboxylic acids is 2. The van der Waals surface area contributed by atoms with Gasteiger partial charge in [-0.25, -0.2) is 4.79 Å². The maximum absolute atomic E-state index is 11.4. The first-order valence-corrected chi connectivity index (χ1v) is 5.57. The van der Waals surface area contributed by atoms with E-state index in [1.165, 1.54) is 7.11 Å². The van der Waals surface area contributed by atoms with E-state index >= 15 is 0 Å². The molecule has 1 fully saturated rings. The van der Waals surface area contributed by atoms with Crippen LogP contribution < -0.4 is 5.32 Å². The summed E-state index contributed by atoms with van der Waals surface area (Å²) in [6.45, 7) is 7.77. The number of nitrogens with zero attached hydrogens (tertiary/aromatic N) is 1. The van der Waals surface area contributed by atoms with Crippen molar-refractivity contribution >= 4 is 12.1 Å². The van der Waals surface area contributed by atoms with E-state index in [1.807, 2.05) is 4.90 Å². The molecule has 17 heavy (non-hydrogen) atoms. The fourth-order valence-corrected chi connectivity index (χ4v) is 1.46. The number of ether oxygens (including phenoxy) is 2. The molecule has 0 radical (unpaired) electrons. The molecule has 0 aliphatic carbocycles. The van der Waals surface area contributed by atoms with Gasteiger partial charge in [-0.15, -0.1) is 0 Å². The molecule has 3 atom stereocenters. The largest absolute Gasteiger partial charge is 0.468 e. The Hall–Kier alpha value is -1.30. The Morgan fingerprint density at radius 3 is 2.47 bits per heavy atom. The summed E-state index contributed by atoms with van der Waals surface area (Å²) in [7, 11) is 1.35. The second kappa shape index (κ2) is 4.91. The number of methoxy groups -OCH3 is 1. The van der Waals surface area contributed by atoms with Gasteiger partial charge in [-0.3, -0.25) is 9.69 Å². The van der Waals surface area contributed by atoms with Crippen LogP contribution in [-0.2, 0) is 14.3 Å². The lowest BCUT2D eigenvalue weighted by Crippen LogP contribution is -2.38.